The van der Waals surface area contributed by atoms with Gasteiger partial charge in [-0.1, -0.05) is 29.8 Å². The molecule has 0 aliphatic rings. The molecule has 0 atom stereocenters. The Morgan fingerprint density at radius 2 is 1.73 bits per heavy atom. The van der Waals surface area contributed by atoms with Crippen LogP contribution < -0.4 is 0 Å². The Morgan fingerprint density at radius 1 is 1.00 bits per heavy atom. The predicted molar refractivity (Wildman–Crippen MR) is 58.5 cm³/mol. The highest BCUT2D eigenvalue weighted by Gasteiger charge is 2.03. The second-order valence-corrected chi connectivity index (χ2v) is 3.61. The Bertz CT molecular complexity index is 497. The lowest BCUT2D eigenvalue weighted by Gasteiger charge is -2.03. The molecule has 0 aliphatic carbocycles. The Kier molecular flexibility index (Phi) is 2.60. The molecule has 0 radical (unpaired) electrons. The zero-order valence-electron chi connectivity index (χ0n) is 7.74. The van der Waals surface area contributed by atoms with Gasteiger partial charge >= 0.3 is 0 Å². The van der Waals surface area contributed by atoms with E-state index in [1.54, 1.807) is 24.3 Å². The molecule has 3 heteroatoms. The van der Waals surface area contributed by atoms with E-state index in [1.165, 1.54) is 12.1 Å². The van der Waals surface area contributed by atoms with Crippen molar-refractivity contribution in [2.75, 3.05) is 0 Å². The van der Waals surface area contributed by atoms with Gasteiger partial charge in [-0.2, -0.15) is 0 Å². The number of phenolic OH excluding ortho intramolecular Hbond substituents is 1. The molecule has 0 saturated carbocycles. The van der Waals surface area contributed by atoms with Crippen LogP contribution in [0, 0.1) is 5.82 Å². The Labute approximate surface area is 91.8 Å². The summed E-state index contributed by atoms with van der Waals surface area (Å²) in [6.07, 6.45) is 0. The van der Waals surface area contributed by atoms with E-state index in [1.807, 2.05) is 6.07 Å². The lowest BCUT2D eigenvalue weighted by molar-refractivity contribution is 0.433. The number of aromatic hydroxyl groups is 1. The highest BCUT2D eigenvalue weighted by molar-refractivity contribution is 6.30. The largest absolute Gasteiger partial charge is 0.505 e. The number of halogens is 2. The zero-order chi connectivity index (χ0) is 10.8. The van der Waals surface area contributed by atoms with E-state index in [9.17, 15) is 9.50 Å². The van der Waals surface area contributed by atoms with Gasteiger partial charge in [0, 0.05) is 5.02 Å². The van der Waals surface area contributed by atoms with Gasteiger partial charge in [-0.15, -0.1) is 0 Å². The lowest BCUT2D eigenvalue weighted by atomic mass is 10.1. The van der Waals surface area contributed by atoms with Crippen molar-refractivity contribution >= 4 is 11.6 Å². The van der Waals surface area contributed by atoms with Crippen molar-refractivity contribution in [3.63, 3.8) is 0 Å². The number of phenols is 1. The van der Waals surface area contributed by atoms with Crippen LogP contribution >= 0.6 is 11.6 Å². The van der Waals surface area contributed by atoms with Crippen molar-refractivity contribution in [2.45, 2.75) is 0 Å². The maximum atomic E-state index is 12.8. The summed E-state index contributed by atoms with van der Waals surface area (Å²) in [5, 5.41) is 9.83. The summed E-state index contributed by atoms with van der Waals surface area (Å²) < 4.78 is 12.8. The summed E-state index contributed by atoms with van der Waals surface area (Å²) >= 11 is 5.83. The third-order valence-corrected chi connectivity index (χ3v) is 2.34. The molecule has 0 bridgehead atoms. The van der Waals surface area contributed by atoms with Crippen LogP contribution in [-0.2, 0) is 0 Å². The van der Waals surface area contributed by atoms with Crippen molar-refractivity contribution in [3.8, 4) is 16.9 Å². The van der Waals surface area contributed by atoms with Gasteiger partial charge in [-0.05, 0) is 35.4 Å². The Hall–Kier alpha value is -1.54. The maximum Gasteiger partial charge on any atom is 0.164 e. The number of hydrogen-bond donors (Lipinski definition) is 1. The SMILES string of the molecule is Oc1cc(-c2cccc(Cl)c2)ccc1F. The highest BCUT2D eigenvalue weighted by Crippen LogP contribution is 2.27. The Morgan fingerprint density at radius 3 is 2.40 bits per heavy atom. The van der Waals surface area contributed by atoms with Crippen molar-refractivity contribution in [3.05, 3.63) is 53.3 Å². The Balaban J connectivity index is 2.50. The molecule has 2 aromatic carbocycles. The van der Waals surface area contributed by atoms with Gasteiger partial charge in [0.2, 0.25) is 0 Å². The first-order chi connectivity index (χ1) is 7.16. The minimum Gasteiger partial charge on any atom is -0.505 e. The van der Waals surface area contributed by atoms with Crippen LogP contribution in [0.1, 0.15) is 0 Å². The number of rotatable bonds is 1. The fourth-order valence-electron chi connectivity index (χ4n) is 1.36. The fourth-order valence-corrected chi connectivity index (χ4v) is 1.55. The first-order valence-electron chi connectivity index (χ1n) is 4.41. The summed E-state index contributed by atoms with van der Waals surface area (Å²) in [6.45, 7) is 0. The summed E-state index contributed by atoms with van der Waals surface area (Å²) in [5.74, 6) is -0.978. The van der Waals surface area contributed by atoms with Crippen LogP contribution in [0.3, 0.4) is 0 Å². The monoisotopic (exact) mass is 222 g/mol. The quantitative estimate of drug-likeness (QED) is 0.777. The van der Waals surface area contributed by atoms with Crippen molar-refractivity contribution < 1.29 is 9.50 Å². The van der Waals surface area contributed by atoms with Gasteiger partial charge in [0.1, 0.15) is 0 Å². The summed E-state index contributed by atoms with van der Waals surface area (Å²) in [4.78, 5) is 0. The zero-order valence-corrected chi connectivity index (χ0v) is 8.50. The van der Waals surface area contributed by atoms with E-state index < -0.39 is 5.82 Å². The van der Waals surface area contributed by atoms with E-state index in [0.717, 1.165) is 11.1 Å². The minimum atomic E-state index is -0.624. The number of hydrogen-bond acceptors (Lipinski definition) is 1. The molecule has 1 nitrogen and oxygen atoms in total. The van der Waals surface area contributed by atoms with E-state index >= 15 is 0 Å². The lowest BCUT2D eigenvalue weighted by Crippen LogP contribution is -1.80. The molecule has 0 saturated heterocycles. The molecular weight excluding hydrogens is 215 g/mol. The van der Waals surface area contributed by atoms with Gasteiger partial charge in [0.25, 0.3) is 0 Å². The normalized spacial score (nSPS) is 10.3. The van der Waals surface area contributed by atoms with E-state index in [2.05, 4.69) is 0 Å². The molecule has 0 aliphatic heterocycles. The van der Waals surface area contributed by atoms with Gasteiger partial charge in [-0.3, -0.25) is 0 Å². The van der Waals surface area contributed by atoms with Crippen molar-refractivity contribution in [1.82, 2.24) is 0 Å². The average Bonchev–Trinajstić information content (AvgIpc) is 2.22. The summed E-state index contributed by atoms with van der Waals surface area (Å²) in [6, 6.07) is 11.4. The third kappa shape index (κ3) is 2.10. The number of benzene rings is 2. The molecule has 2 aromatic rings. The standard InChI is InChI=1S/C12H8ClFO/c13-10-3-1-2-8(6-10)9-4-5-11(14)12(15)7-9/h1-7,15H. The topological polar surface area (TPSA) is 20.2 Å². The molecular formula is C12H8ClFO. The smallest absolute Gasteiger partial charge is 0.164 e. The first-order valence-corrected chi connectivity index (χ1v) is 4.79. The maximum absolute atomic E-state index is 12.8. The summed E-state index contributed by atoms with van der Waals surface area (Å²) in [5.41, 5.74) is 1.58. The summed E-state index contributed by atoms with van der Waals surface area (Å²) in [7, 11) is 0. The highest BCUT2D eigenvalue weighted by atomic mass is 35.5. The predicted octanol–water partition coefficient (Wildman–Crippen LogP) is 3.85. The molecule has 0 fully saturated rings. The molecule has 2 rings (SSSR count). The second kappa shape index (κ2) is 3.91. The van der Waals surface area contributed by atoms with E-state index in [4.69, 9.17) is 11.6 Å². The first kappa shape index (κ1) is 9.99. The van der Waals surface area contributed by atoms with E-state index in [0.29, 0.717) is 5.02 Å². The van der Waals surface area contributed by atoms with Crippen LogP contribution in [0.2, 0.25) is 5.02 Å². The van der Waals surface area contributed by atoms with Crippen LogP contribution in [0.25, 0.3) is 11.1 Å². The average molecular weight is 223 g/mol. The molecule has 0 spiro atoms. The fraction of sp³-hybridized carbons (Fsp3) is 0. The van der Waals surface area contributed by atoms with Crippen LogP contribution in [-0.4, -0.2) is 5.11 Å². The van der Waals surface area contributed by atoms with Crippen LogP contribution in [0.5, 0.6) is 5.75 Å². The van der Waals surface area contributed by atoms with Gasteiger partial charge in [0.05, 0.1) is 0 Å². The molecule has 0 unspecified atom stereocenters. The van der Waals surface area contributed by atoms with Gasteiger partial charge in [0.15, 0.2) is 11.6 Å². The van der Waals surface area contributed by atoms with Crippen molar-refractivity contribution in [1.29, 1.82) is 0 Å². The molecule has 0 aromatic heterocycles. The molecule has 0 amide bonds. The molecule has 1 N–H and O–H groups in total. The van der Waals surface area contributed by atoms with Crippen LogP contribution in [0.4, 0.5) is 4.39 Å². The third-order valence-electron chi connectivity index (χ3n) is 2.10. The van der Waals surface area contributed by atoms with Crippen molar-refractivity contribution in [2.24, 2.45) is 0 Å². The molecule has 15 heavy (non-hydrogen) atoms. The van der Waals surface area contributed by atoms with Gasteiger partial charge in [-0.25, -0.2) is 4.39 Å². The van der Waals surface area contributed by atoms with Crippen LogP contribution in [0.15, 0.2) is 42.5 Å². The second-order valence-electron chi connectivity index (χ2n) is 3.18. The van der Waals surface area contributed by atoms with E-state index in [-0.39, 0.29) is 5.75 Å². The van der Waals surface area contributed by atoms with Gasteiger partial charge < -0.3 is 5.11 Å². The molecule has 76 valence electrons. The molecule has 0 heterocycles. The minimum absolute atomic E-state index is 0.354.